The lowest BCUT2D eigenvalue weighted by Gasteiger charge is -2.20. The second-order valence-electron chi connectivity index (χ2n) is 11.5. The summed E-state index contributed by atoms with van der Waals surface area (Å²) in [7, 11) is 0. The molecule has 1 fully saturated rings. The number of nitrogens with zero attached hydrogens (tertiary/aromatic N) is 4. The van der Waals surface area contributed by atoms with Crippen LogP contribution < -0.4 is 20.1 Å². The lowest BCUT2D eigenvalue weighted by atomic mass is 9.96. The molecule has 0 atom stereocenters. The normalized spacial score (nSPS) is 13.0. The monoisotopic (exact) mass is 607 g/mol. The molecule has 0 unspecified atom stereocenters. The van der Waals surface area contributed by atoms with Crippen LogP contribution in [0.5, 0.6) is 11.5 Å². The highest BCUT2D eigenvalue weighted by Gasteiger charge is 2.28. The van der Waals surface area contributed by atoms with Gasteiger partial charge in [-0.15, -0.1) is 0 Å². The zero-order valence-corrected chi connectivity index (χ0v) is 25.6. The smallest absolute Gasteiger partial charge is 0.324 e. The molecule has 1 aliphatic rings. The zero-order valence-electron chi connectivity index (χ0n) is 25.6. The molecule has 45 heavy (non-hydrogen) atoms. The van der Waals surface area contributed by atoms with Crippen LogP contribution in [-0.4, -0.2) is 34.3 Å². The van der Waals surface area contributed by atoms with Crippen molar-refractivity contribution >= 4 is 11.9 Å². The summed E-state index contributed by atoms with van der Waals surface area (Å²) in [6.07, 6.45) is 3.05. The molecule has 1 amide bonds. The van der Waals surface area contributed by atoms with Crippen LogP contribution in [0.3, 0.4) is 0 Å². The van der Waals surface area contributed by atoms with Crippen LogP contribution >= 0.6 is 0 Å². The van der Waals surface area contributed by atoms with Gasteiger partial charge in [-0.2, -0.15) is 4.98 Å². The average Bonchev–Trinajstić information content (AvgIpc) is 3.84. The van der Waals surface area contributed by atoms with E-state index in [0.29, 0.717) is 49.1 Å². The molecule has 0 aliphatic carbocycles. The SMILES string of the molecule is CC(C)c1cc(CCc2onc(C(N)=O)c2-c2noc(N3CCCC3)n2)c(OCc2ccccc2)cc1OCc1ccccc1. The Hall–Kier alpha value is -5.12. The maximum atomic E-state index is 12.3. The third-order valence-electron chi connectivity index (χ3n) is 7.92. The topological polar surface area (TPSA) is 130 Å². The molecule has 232 valence electrons. The van der Waals surface area contributed by atoms with Crippen LogP contribution in [0.1, 0.15) is 71.1 Å². The van der Waals surface area contributed by atoms with Crippen molar-refractivity contribution in [1.29, 1.82) is 0 Å². The largest absolute Gasteiger partial charge is 0.488 e. The van der Waals surface area contributed by atoms with Crippen molar-refractivity contribution in [3.05, 3.63) is 107 Å². The fraction of sp³-hybridized carbons (Fsp3) is 0.314. The number of carbonyl (C=O) groups is 1. The highest BCUT2D eigenvalue weighted by atomic mass is 16.5. The van der Waals surface area contributed by atoms with E-state index in [1.165, 1.54) is 0 Å². The minimum absolute atomic E-state index is 0.0214. The molecule has 0 saturated carbocycles. The van der Waals surface area contributed by atoms with E-state index >= 15 is 0 Å². The minimum atomic E-state index is -0.721. The maximum Gasteiger partial charge on any atom is 0.324 e. The van der Waals surface area contributed by atoms with Crippen LogP contribution in [0.15, 0.2) is 81.8 Å². The summed E-state index contributed by atoms with van der Waals surface area (Å²) in [5, 5.41) is 8.15. The fourth-order valence-corrected chi connectivity index (χ4v) is 5.50. The van der Waals surface area contributed by atoms with Crippen LogP contribution in [0, 0.1) is 0 Å². The average molecular weight is 608 g/mol. The first kappa shape index (κ1) is 29.9. The van der Waals surface area contributed by atoms with Crippen molar-refractivity contribution in [2.24, 2.45) is 5.73 Å². The second-order valence-corrected chi connectivity index (χ2v) is 11.5. The van der Waals surface area contributed by atoms with Crippen molar-refractivity contribution in [3.8, 4) is 22.9 Å². The Balaban J connectivity index is 1.30. The number of nitrogens with two attached hydrogens (primary N) is 1. The van der Waals surface area contributed by atoms with Gasteiger partial charge in [-0.1, -0.05) is 84.8 Å². The van der Waals surface area contributed by atoms with Crippen molar-refractivity contribution in [2.75, 3.05) is 18.0 Å². The van der Waals surface area contributed by atoms with Crippen LogP contribution in [0.2, 0.25) is 0 Å². The first-order valence-electron chi connectivity index (χ1n) is 15.3. The van der Waals surface area contributed by atoms with Crippen molar-refractivity contribution in [2.45, 2.75) is 58.7 Å². The van der Waals surface area contributed by atoms with E-state index in [0.717, 1.165) is 53.9 Å². The van der Waals surface area contributed by atoms with E-state index in [4.69, 9.17) is 24.3 Å². The number of hydrogen-bond acceptors (Lipinski definition) is 9. The molecule has 0 spiro atoms. The summed E-state index contributed by atoms with van der Waals surface area (Å²) in [6, 6.07) is 24.6. The highest BCUT2D eigenvalue weighted by Crippen LogP contribution is 2.36. The Morgan fingerprint density at radius 2 is 1.51 bits per heavy atom. The summed E-state index contributed by atoms with van der Waals surface area (Å²) in [4.78, 5) is 18.9. The number of hydrogen-bond donors (Lipinski definition) is 1. The predicted octanol–water partition coefficient (Wildman–Crippen LogP) is 6.49. The van der Waals surface area contributed by atoms with Gasteiger partial charge < -0.3 is 29.2 Å². The molecule has 2 aromatic heterocycles. The number of carbonyl (C=O) groups excluding carboxylic acids is 1. The van der Waals surface area contributed by atoms with Crippen LogP contribution in [0.4, 0.5) is 6.01 Å². The Kier molecular flexibility index (Phi) is 9.09. The number of ether oxygens (including phenoxy) is 2. The Morgan fingerprint density at radius 3 is 2.13 bits per heavy atom. The number of benzene rings is 3. The van der Waals surface area contributed by atoms with E-state index in [1.807, 2.05) is 71.6 Å². The molecule has 3 heterocycles. The zero-order chi connectivity index (χ0) is 31.2. The molecule has 1 saturated heterocycles. The summed E-state index contributed by atoms with van der Waals surface area (Å²) in [6.45, 7) is 6.81. The van der Waals surface area contributed by atoms with Crippen LogP contribution in [-0.2, 0) is 26.1 Å². The van der Waals surface area contributed by atoms with Gasteiger partial charge in [-0.3, -0.25) is 4.79 Å². The molecule has 10 heteroatoms. The van der Waals surface area contributed by atoms with E-state index in [9.17, 15) is 4.79 Å². The highest BCUT2D eigenvalue weighted by molar-refractivity contribution is 5.97. The van der Waals surface area contributed by atoms with Gasteiger partial charge in [0.25, 0.3) is 5.91 Å². The maximum absolute atomic E-state index is 12.3. The predicted molar refractivity (Wildman–Crippen MR) is 169 cm³/mol. The van der Waals surface area contributed by atoms with E-state index in [1.54, 1.807) is 0 Å². The van der Waals surface area contributed by atoms with Crippen LogP contribution in [0.25, 0.3) is 11.4 Å². The quantitative estimate of drug-likeness (QED) is 0.160. The van der Waals surface area contributed by atoms with Crippen molar-refractivity contribution < 1.29 is 23.3 Å². The van der Waals surface area contributed by atoms with Gasteiger partial charge in [0.2, 0.25) is 5.82 Å². The molecule has 2 N–H and O–H groups in total. The number of aromatic nitrogens is 3. The number of anilines is 1. The first-order chi connectivity index (χ1) is 22.0. The number of rotatable bonds is 13. The van der Waals surface area contributed by atoms with Gasteiger partial charge in [0, 0.05) is 25.6 Å². The summed E-state index contributed by atoms with van der Waals surface area (Å²) < 4.78 is 24.0. The lowest BCUT2D eigenvalue weighted by molar-refractivity contribution is 0.0992. The van der Waals surface area contributed by atoms with Gasteiger partial charge in [0.05, 0.1) is 5.56 Å². The molecule has 10 nitrogen and oxygen atoms in total. The molecule has 1 aliphatic heterocycles. The van der Waals surface area contributed by atoms with E-state index in [2.05, 4.69) is 35.2 Å². The molecule has 5 aromatic rings. The lowest BCUT2D eigenvalue weighted by Crippen LogP contribution is -2.17. The van der Waals surface area contributed by atoms with Gasteiger partial charge in [0.1, 0.15) is 30.5 Å². The summed E-state index contributed by atoms with van der Waals surface area (Å²) in [5.74, 6) is 1.64. The fourth-order valence-electron chi connectivity index (χ4n) is 5.50. The van der Waals surface area contributed by atoms with E-state index in [-0.39, 0.29) is 17.4 Å². The Morgan fingerprint density at radius 1 is 0.867 bits per heavy atom. The molecule has 6 rings (SSSR count). The van der Waals surface area contributed by atoms with Crippen molar-refractivity contribution in [1.82, 2.24) is 15.3 Å². The van der Waals surface area contributed by atoms with Gasteiger partial charge in [-0.25, -0.2) is 0 Å². The number of primary amides is 1. The third-order valence-corrected chi connectivity index (χ3v) is 7.92. The molecular formula is C35H37N5O5. The molecular weight excluding hydrogens is 570 g/mol. The third kappa shape index (κ3) is 7.01. The number of aryl methyl sites for hydroxylation is 2. The minimum Gasteiger partial charge on any atom is -0.488 e. The number of amides is 1. The van der Waals surface area contributed by atoms with Gasteiger partial charge >= 0.3 is 6.01 Å². The first-order valence-corrected chi connectivity index (χ1v) is 15.3. The summed E-state index contributed by atoms with van der Waals surface area (Å²) in [5.41, 5.74) is 10.2. The standard InChI is InChI=1S/C35H37N5O5/c1-23(2)27-19-26(29(42-21-24-11-5-3-6-12-24)20-30(27)43-22-25-13-7-4-8-14-25)15-16-28-31(32(33(36)41)38-44-28)34-37-35(45-39-34)40-17-9-10-18-40/h3-8,11-14,19-20,23H,9-10,15-18,21-22H2,1-2H3,(H2,36,41). The van der Waals surface area contributed by atoms with E-state index < -0.39 is 5.91 Å². The van der Waals surface area contributed by atoms with Gasteiger partial charge in [-0.05, 0) is 53.5 Å². The second kappa shape index (κ2) is 13.7. The summed E-state index contributed by atoms with van der Waals surface area (Å²) >= 11 is 0. The Labute approximate surface area is 262 Å². The van der Waals surface area contributed by atoms with Gasteiger partial charge in [0.15, 0.2) is 5.69 Å². The molecule has 3 aromatic carbocycles. The molecule has 0 bridgehead atoms. The Bertz CT molecular complexity index is 1730. The van der Waals surface area contributed by atoms with Crippen molar-refractivity contribution in [3.63, 3.8) is 0 Å². The molecule has 0 radical (unpaired) electrons.